The Hall–Kier alpha value is -1.84. The van der Waals surface area contributed by atoms with Crippen LogP contribution in [0.25, 0.3) is 0 Å². The third-order valence-electron chi connectivity index (χ3n) is 6.07. The highest BCUT2D eigenvalue weighted by molar-refractivity contribution is 14.0. The Morgan fingerprint density at radius 2 is 1.76 bits per heavy atom. The molecule has 33 heavy (non-hydrogen) atoms. The first kappa shape index (κ1) is 27.4. The number of para-hydroxylation sites is 1. The minimum atomic E-state index is 0. The van der Waals surface area contributed by atoms with E-state index in [0.29, 0.717) is 12.6 Å². The van der Waals surface area contributed by atoms with Gasteiger partial charge in [-0.15, -0.1) is 24.0 Å². The second kappa shape index (κ2) is 14.4. The zero-order valence-electron chi connectivity index (χ0n) is 20.5. The minimum Gasteiger partial charge on any atom is -0.496 e. The van der Waals surface area contributed by atoms with Crippen molar-refractivity contribution in [3.63, 3.8) is 0 Å². The van der Waals surface area contributed by atoms with Gasteiger partial charge in [-0.25, -0.2) is 0 Å². The number of benzene rings is 2. The molecule has 6 nitrogen and oxygen atoms in total. The summed E-state index contributed by atoms with van der Waals surface area (Å²) in [4.78, 5) is 9.70. The molecule has 1 atom stereocenters. The molecule has 1 heterocycles. The van der Waals surface area contributed by atoms with Crippen molar-refractivity contribution in [2.24, 2.45) is 4.99 Å². The van der Waals surface area contributed by atoms with Gasteiger partial charge in [0.15, 0.2) is 5.96 Å². The van der Waals surface area contributed by atoms with E-state index in [0.717, 1.165) is 56.3 Å². The van der Waals surface area contributed by atoms with E-state index in [1.54, 1.807) is 7.11 Å². The smallest absolute Gasteiger partial charge is 0.191 e. The third-order valence-corrected chi connectivity index (χ3v) is 6.07. The zero-order valence-corrected chi connectivity index (χ0v) is 22.8. The summed E-state index contributed by atoms with van der Waals surface area (Å²) in [6.45, 7) is 6.87. The first-order chi connectivity index (χ1) is 15.6. The lowest BCUT2D eigenvalue weighted by atomic mass is 10.0. The van der Waals surface area contributed by atoms with Gasteiger partial charge in [-0.2, -0.15) is 0 Å². The Labute approximate surface area is 216 Å². The average Bonchev–Trinajstić information content (AvgIpc) is 2.81. The number of guanidine groups is 1. The van der Waals surface area contributed by atoms with Gasteiger partial charge in [0.1, 0.15) is 5.75 Å². The molecule has 0 spiro atoms. The largest absolute Gasteiger partial charge is 0.496 e. The Balaban J connectivity index is 0.00000385. The lowest BCUT2D eigenvalue weighted by molar-refractivity contribution is 0.198. The minimum absolute atomic E-state index is 0. The molecule has 1 aliphatic heterocycles. The molecular formula is C26H40IN5O. The number of methoxy groups -OCH3 is 1. The van der Waals surface area contributed by atoms with Gasteiger partial charge in [0.2, 0.25) is 0 Å². The van der Waals surface area contributed by atoms with Crippen LogP contribution < -0.4 is 15.4 Å². The lowest BCUT2D eigenvalue weighted by Gasteiger charge is -2.33. The van der Waals surface area contributed by atoms with Crippen LogP contribution in [0.5, 0.6) is 5.75 Å². The fourth-order valence-corrected chi connectivity index (χ4v) is 4.25. The maximum Gasteiger partial charge on any atom is 0.191 e. The Bertz CT molecular complexity index is 838. The number of likely N-dealkylation sites (tertiary alicyclic amines) is 1. The fraction of sp³-hybridized carbons (Fsp3) is 0.500. The molecule has 0 aliphatic carbocycles. The highest BCUT2D eigenvalue weighted by Crippen LogP contribution is 2.28. The highest BCUT2D eigenvalue weighted by Gasteiger charge is 2.21. The highest BCUT2D eigenvalue weighted by atomic mass is 127. The molecule has 0 aromatic heterocycles. The summed E-state index contributed by atoms with van der Waals surface area (Å²) in [6, 6.07) is 19.5. The van der Waals surface area contributed by atoms with Crippen LogP contribution in [0.15, 0.2) is 59.6 Å². The molecule has 0 radical (unpaired) electrons. The van der Waals surface area contributed by atoms with E-state index in [1.807, 2.05) is 12.1 Å². The second-order valence-electron chi connectivity index (χ2n) is 8.62. The Kier molecular flexibility index (Phi) is 12.0. The SMILES string of the molecule is CCNC(=NCC(c1ccccc1OC)N(C)C)NC1CCN(Cc2ccccc2)CC1.I. The van der Waals surface area contributed by atoms with Crippen LogP contribution in [-0.4, -0.2) is 69.2 Å². The van der Waals surface area contributed by atoms with E-state index in [2.05, 4.69) is 83.9 Å². The summed E-state index contributed by atoms with van der Waals surface area (Å²) in [5, 5.41) is 7.11. The maximum atomic E-state index is 5.59. The van der Waals surface area contributed by atoms with Gasteiger partial charge in [-0.1, -0.05) is 48.5 Å². The molecule has 0 saturated carbocycles. The molecule has 2 N–H and O–H groups in total. The van der Waals surface area contributed by atoms with E-state index in [4.69, 9.17) is 9.73 Å². The predicted molar refractivity (Wildman–Crippen MR) is 149 cm³/mol. The molecule has 0 amide bonds. The van der Waals surface area contributed by atoms with Gasteiger partial charge in [0.05, 0.1) is 19.7 Å². The standard InChI is InChI=1S/C26H39N5O.HI/c1-5-27-26(28-19-24(30(2)3)23-13-9-10-14-25(23)32-4)29-22-15-17-31(18-16-22)20-21-11-7-6-8-12-21;/h6-14,22,24H,5,15-20H2,1-4H3,(H2,27,28,29);1H. The fourth-order valence-electron chi connectivity index (χ4n) is 4.25. The average molecular weight is 566 g/mol. The number of rotatable bonds is 9. The number of nitrogens with zero attached hydrogens (tertiary/aromatic N) is 3. The molecule has 1 saturated heterocycles. The lowest BCUT2D eigenvalue weighted by Crippen LogP contribution is -2.48. The molecule has 1 fully saturated rings. The molecule has 2 aromatic rings. The summed E-state index contributed by atoms with van der Waals surface area (Å²) in [5.74, 6) is 1.81. The first-order valence-electron chi connectivity index (χ1n) is 11.7. The van der Waals surface area contributed by atoms with Crippen LogP contribution in [0, 0.1) is 0 Å². The number of aliphatic imine (C=N–C) groups is 1. The van der Waals surface area contributed by atoms with Crippen molar-refractivity contribution in [3.8, 4) is 5.75 Å². The van der Waals surface area contributed by atoms with Crippen molar-refractivity contribution in [2.75, 3.05) is 47.4 Å². The second-order valence-corrected chi connectivity index (χ2v) is 8.62. The van der Waals surface area contributed by atoms with Crippen LogP contribution in [-0.2, 0) is 6.54 Å². The number of piperidine rings is 1. The van der Waals surface area contributed by atoms with Crippen LogP contribution in [0.4, 0.5) is 0 Å². The summed E-state index contributed by atoms with van der Waals surface area (Å²) in [7, 11) is 5.91. The molecule has 2 aromatic carbocycles. The molecule has 3 rings (SSSR count). The zero-order chi connectivity index (χ0) is 22.8. The molecule has 1 aliphatic rings. The molecule has 7 heteroatoms. The van der Waals surface area contributed by atoms with Crippen molar-refractivity contribution in [1.29, 1.82) is 0 Å². The quantitative estimate of drug-likeness (QED) is 0.272. The van der Waals surface area contributed by atoms with Gasteiger partial charge in [0, 0.05) is 37.8 Å². The number of hydrogen-bond acceptors (Lipinski definition) is 4. The van der Waals surface area contributed by atoms with E-state index >= 15 is 0 Å². The molecular weight excluding hydrogens is 525 g/mol. The number of ether oxygens (including phenoxy) is 1. The van der Waals surface area contributed by atoms with Gasteiger partial charge in [-0.05, 0) is 45.5 Å². The van der Waals surface area contributed by atoms with Crippen molar-refractivity contribution in [1.82, 2.24) is 20.4 Å². The first-order valence-corrected chi connectivity index (χ1v) is 11.7. The van der Waals surface area contributed by atoms with E-state index < -0.39 is 0 Å². The van der Waals surface area contributed by atoms with Crippen molar-refractivity contribution in [3.05, 3.63) is 65.7 Å². The topological polar surface area (TPSA) is 52.1 Å². The Morgan fingerprint density at radius 3 is 2.39 bits per heavy atom. The van der Waals surface area contributed by atoms with E-state index in [9.17, 15) is 0 Å². The van der Waals surface area contributed by atoms with Crippen LogP contribution in [0.2, 0.25) is 0 Å². The van der Waals surface area contributed by atoms with Crippen molar-refractivity contribution >= 4 is 29.9 Å². The van der Waals surface area contributed by atoms with Crippen molar-refractivity contribution in [2.45, 2.75) is 38.4 Å². The summed E-state index contributed by atoms with van der Waals surface area (Å²) in [6.07, 6.45) is 2.25. The molecule has 1 unspecified atom stereocenters. The van der Waals surface area contributed by atoms with Gasteiger partial charge in [-0.3, -0.25) is 9.89 Å². The van der Waals surface area contributed by atoms with E-state index in [-0.39, 0.29) is 30.0 Å². The maximum absolute atomic E-state index is 5.59. The van der Waals surface area contributed by atoms with E-state index in [1.165, 1.54) is 5.56 Å². The van der Waals surface area contributed by atoms with Crippen LogP contribution in [0.3, 0.4) is 0 Å². The number of likely N-dealkylation sites (N-methyl/N-ethyl adjacent to an activating group) is 1. The van der Waals surface area contributed by atoms with Crippen molar-refractivity contribution < 1.29 is 4.74 Å². The summed E-state index contributed by atoms with van der Waals surface area (Å²) in [5.41, 5.74) is 2.55. The van der Waals surface area contributed by atoms with Gasteiger partial charge in [0.25, 0.3) is 0 Å². The van der Waals surface area contributed by atoms with Crippen LogP contribution >= 0.6 is 24.0 Å². The third kappa shape index (κ3) is 8.46. The Morgan fingerprint density at radius 1 is 1.09 bits per heavy atom. The summed E-state index contributed by atoms with van der Waals surface area (Å²) < 4.78 is 5.59. The number of hydrogen-bond donors (Lipinski definition) is 2. The monoisotopic (exact) mass is 565 g/mol. The number of nitrogens with one attached hydrogen (secondary N) is 2. The van der Waals surface area contributed by atoms with Gasteiger partial charge < -0.3 is 20.3 Å². The predicted octanol–water partition coefficient (Wildman–Crippen LogP) is 4.14. The van der Waals surface area contributed by atoms with Crippen LogP contribution in [0.1, 0.15) is 36.9 Å². The molecule has 0 bridgehead atoms. The molecule has 182 valence electrons. The van der Waals surface area contributed by atoms with Gasteiger partial charge >= 0.3 is 0 Å². The normalized spacial score (nSPS) is 16.2. The summed E-state index contributed by atoms with van der Waals surface area (Å²) >= 11 is 0. The number of halogens is 1.